The van der Waals surface area contributed by atoms with E-state index in [1.807, 2.05) is 30.3 Å². The SMILES string of the molecule is CC(CS(C)=O)NC(=O)C(Cc1ccccc1)/C(N)=N/O. The van der Waals surface area contributed by atoms with Crippen LogP contribution in [0.3, 0.4) is 0 Å². The van der Waals surface area contributed by atoms with Gasteiger partial charge in [-0.15, -0.1) is 0 Å². The fraction of sp³-hybridized carbons (Fsp3) is 0.429. The van der Waals surface area contributed by atoms with Gasteiger partial charge in [-0.25, -0.2) is 0 Å². The molecule has 1 amide bonds. The lowest BCUT2D eigenvalue weighted by Crippen LogP contribution is -2.45. The van der Waals surface area contributed by atoms with Crippen LogP contribution in [0.25, 0.3) is 0 Å². The number of rotatable bonds is 7. The average Bonchev–Trinajstić information content (AvgIpc) is 2.44. The summed E-state index contributed by atoms with van der Waals surface area (Å²) in [6.07, 6.45) is 1.91. The van der Waals surface area contributed by atoms with Crippen molar-refractivity contribution in [3.05, 3.63) is 35.9 Å². The van der Waals surface area contributed by atoms with Crippen LogP contribution in [-0.2, 0) is 22.0 Å². The molecule has 3 atom stereocenters. The number of amidine groups is 1. The number of nitrogens with two attached hydrogens (primary N) is 1. The van der Waals surface area contributed by atoms with Crippen molar-refractivity contribution in [2.24, 2.45) is 16.8 Å². The predicted molar refractivity (Wildman–Crippen MR) is 83.6 cm³/mol. The van der Waals surface area contributed by atoms with Crippen LogP contribution in [0.2, 0.25) is 0 Å². The maximum absolute atomic E-state index is 12.3. The second kappa shape index (κ2) is 8.41. The van der Waals surface area contributed by atoms with E-state index in [9.17, 15) is 9.00 Å². The van der Waals surface area contributed by atoms with Crippen molar-refractivity contribution in [3.8, 4) is 0 Å². The standard InChI is InChI=1S/C14H21N3O3S/c1-10(9-21(2)20)16-14(18)12(13(15)17-19)8-11-6-4-3-5-7-11/h3-7,10,12,19H,8-9H2,1-2H3,(H2,15,17)(H,16,18). The van der Waals surface area contributed by atoms with Crippen LogP contribution < -0.4 is 11.1 Å². The van der Waals surface area contributed by atoms with Gasteiger partial charge in [-0.2, -0.15) is 0 Å². The van der Waals surface area contributed by atoms with E-state index in [1.165, 1.54) is 0 Å². The molecule has 0 heterocycles. The fourth-order valence-electron chi connectivity index (χ4n) is 1.99. The highest BCUT2D eigenvalue weighted by atomic mass is 32.2. The Bertz CT molecular complexity index is 519. The monoisotopic (exact) mass is 311 g/mol. The minimum Gasteiger partial charge on any atom is -0.409 e. The molecule has 0 aliphatic heterocycles. The van der Waals surface area contributed by atoms with Crippen LogP contribution in [0.4, 0.5) is 0 Å². The van der Waals surface area contributed by atoms with Crippen LogP contribution in [0.15, 0.2) is 35.5 Å². The molecular formula is C14H21N3O3S. The highest BCUT2D eigenvalue weighted by Crippen LogP contribution is 2.10. The number of hydrogen-bond acceptors (Lipinski definition) is 4. The van der Waals surface area contributed by atoms with E-state index in [2.05, 4.69) is 10.5 Å². The summed E-state index contributed by atoms with van der Waals surface area (Å²) >= 11 is 0. The summed E-state index contributed by atoms with van der Waals surface area (Å²) < 4.78 is 11.2. The van der Waals surface area contributed by atoms with Crippen LogP contribution >= 0.6 is 0 Å². The predicted octanol–water partition coefficient (Wildman–Crippen LogP) is 0.475. The molecule has 1 aromatic rings. The van der Waals surface area contributed by atoms with Gasteiger partial charge in [0.1, 0.15) is 5.92 Å². The van der Waals surface area contributed by atoms with Crippen molar-refractivity contribution in [2.75, 3.05) is 12.0 Å². The lowest BCUT2D eigenvalue weighted by atomic mass is 9.97. The molecule has 6 nitrogen and oxygen atoms in total. The number of nitrogens with one attached hydrogen (secondary N) is 1. The number of carbonyl (C=O) groups excluding carboxylic acids is 1. The van der Waals surface area contributed by atoms with Gasteiger partial charge in [-0.3, -0.25) is 9.00 Å². The average molecular weight is 311 g/mol. The Morgan fingerprint density at radius 1 is 1.43 bits per heavy atom. The van der Waals surface area contributed by atoms with Crippen LogP contribution in [-0.4, -0.2) is 39.2 Å². The molecule has 0 fully saturated rings. The van der Waals surface area contributed by atoms with Gasteiger partial charge >= 0.3 is 0 Å². The van der Waals surface area contributed by atoms with Gasteiger partial charge in [-0.05, 0) is 18.9 Å². The largest absolute Gasteiger partial charge is 0.409 e. The minimum atomic E-state index is -1.00. The van der Waals surface area contributed by atoms with E-state index in [0.717, 1.165) is 5.56 Å². The minimum absolute atomic E-state index is 0.138. The molecule has 1 aromatic carbocycles. The maximum Gasteiger partial charge on any atom is 0.231 e. The van der Waals surface area contributed by atoms with E-state index in [4.69, 9.17) is 10.9 Å². The topological polar surface area (TPSA) is 105 Å². The maximum atomic E-state index is 12.3. The smallest absolute Gasteiger partial charge is 0.231 e. The lowest BCUT2D eigenvalue weighted by molar-refractivity contribution is -0.123. The van der Waals surface area contributed by atoms with Crippen LogP contribution in [0.1, 0.15) is 12.5 Å². The number of benzene rings is 1. The number of carbonyl (C=O) groups is 1. The molecule has 4 N–H and O–H groups in total. The Morgan fingerprint density at radius 3 is 2.57 bits per heavy atom. The lowest BCUT2D eigenvalue weighted by Gasteiger charge is -2.19. The molecule has 116 valence electrons. The van der Waals surface area contributed by atoms with E-state index in [-0.39, 0.29) is 17.8 Å². The first-order valence-electron chi connectivity index (χ1n) is 6.55. The summed E-state index contributed by atoms with van der Waals surface area (Å²) in [5, 5.41) is 14.5. The third-order valence-corrected chi connectivity index (χ3v) is 3.91. The van der Waals surface area contributed by atoms with Gasteiger partial charge in [0, 0.05) is 28.9 Å². The quantitative estimate of drug-likeness (QED) is 0.295. The van der Waals surface area contributed by atoms with Crippen molar-refractivity contribution in [1.29, 1.82) is 0 Å². The first-order chi connectivity index (χ1) is 9.93. The Labute approximate surface area is 126 Å². The fourth-order valence-corrected chi connectivity index (χ4v) is 2.78. The van der Waals surface area contributed by atoms with Crippen molar-refractivity contribution in [1.82, 2.24) is 5.32 Å². The zero-order valence-electron chi connectivity index (χ0n) is 12.2. The second-order valence-electron chi connectivity index (χ2n) is 4.92. The Hall–Kier alpha value is -1.89. The molecule has 1 rings (SSSR count). The third kappa shape index (κ3) is 5.95. The summed E-state index contributed by atoms with van der Waals surface area (Å²) in [4.78, 5) is 12.3. The first kappa shape index (κ1) is 17.2. The molecule has 0 saturated carbocycles. The number of hydrogen-bond donors (Lipinski definition) is 3. The molecule has 7 heteroatoms. The number of nitrogens with zero attached hydrogens (tertiary/aromatic N) is 1. The molecule has 3 unspecified atom stereocenters. The normalized spacial score (nSPS) is 16.0. The van der Waals surface area contributed by atoms with E-state index in [1.54, 1.807) is 13.2 Å². The van der Waals surface area contributed by atoms with E-state index >= 15 is 0 Å². The van der Waals surface area contributed by atoms with E-state index < -0.39 is 16.7 Å². The molecule has 0 aliphatic carbocycles. The summed E-state index contributed by atoms with van der Waals surface area (Å²) in [5.74, 6) is -0.876. The van der Waals surface area contributed by atoms with Gasteiger partial charge in [0.25, 0.3) is 0 Å². The Morgan fingerprint density at radius 2 is 2.05 bits per heavy atom. The molecular weight excluding hydrogens is 290 g/mol. The summed E-state index contributed by atoms with van der Waals surface area (Å²) in [6.45, 7) is 1.77. The second-order valence-corrected chi connectivity index (χ2v) is 6.40. The third-order valence-electron chi connectivity index (χ3n) is 2.94. The zero-order chi connectivity index (χ0) is 15.8. The summed E-state index contributed by atoms with van der Waals surface area (Å²) in [7, 11) is -1.00. The molecule has 0 aromatic heterocycles. The first-order valence-corrected chi connectivity index (χ1v) is 8.28. The van der Waals surface area contributed by atoms with Crippen molar-refractivity contribution < 1.29 is 14.2 Å². The number of amides is 1. The van der Waals surface area contributed by atoms with Crippen LogP contribution in [0, 0.1) is 5.92 Å². The van der Waals surface area contributed by atoms with Crippen molar-refractivity contribution in [2.45, 2.75) is 19.4 Å². The molecule has 0 spiro atoms. The van der Waals surface area contributed by atoms with Gasteiger partial charge in [0.15, 0.2) is 5.84 Å². The van der Waals surface area contributed by atoms with Gasteiger partial charge in [0.05, 0.1) is 0 Å². The Balaban J connectivity index is 2.78. The molecule has 0 aliphatic rings. The highest BCUT2D eigenvalue weighted by molar-refractivity contribution is 7.84. The van der Waals surface area contributed by atoms with E-state index in [0.29, 0.717) is 12.2 Å². The molecule has 0 saturated heterocycles. The summed E-state index contributed by atoms with van der Waals surface area (Å²) in [6, 6.07) is 9.10. The Kier molecular flexibility index (Phi) is 6.87. The van der Waals surface area contributed by atoms with Crippen molar-refractivity contribution >= 4 is 22.5 Å². The molecule has 0 radical (unpaired) electrons. The molecule has 21 heavy (non-hydrogen) atoms. The van der Waals surface area contributed by atoms with Gasteiger partial charge in [-0.1, -0.05) is 35.5 Å². The molecule has 0 bridgehead atoms. The van der Waals surface area contributed by atoms with Gasteiger partial charge in [0.2, 0.25) is 5.91 Å². The zero-order valence-corrected chi connectivity index (χ0v) is 13.0. The number of oxime groups is 1. The summed E-state index contributed by atoms with van der Waals surface area (Å²) in [5.41, 5.74) is 6.54. The van der Waals surface area contributed by atoms with Gasteiger partial charge < -0.3 is 16.3 Å². The van der Waals surface area contributed by atoms with Crippen LogP contribution in [0.5, 0.6) is 0 Å². The highest BCUT2D eigenvalue weighted by Gasteiger charge is 2.25. The van der Waals surface area contributed by atoms with Crippen molar-refractivity contribution in [3.63, 3.8) is 0 Å².